The lowest BCUT2D eigenvalue weighted by atomic mass is 10.1. The first-order chi connectivity index (χ1) is 9.58. The molecule has 4 heteroatoms. The Kier molecular flexibility index (Phi) is 3.36. The van der Waals surface area contributed by atoms with Gasteiger partial charge in [0.1, 0.15) is 0 Å². The molecule has 104 valence electrons. The second kappa shape index (κ2) is 5.04. The molecule has 1 aliphatic rings. The Morgan fingerprint density at radius 3 is 2.35 bits per heavy atom. The lowest BCUT2D eigenvalue weighted by Crippen LogP contribution is -2.31. The van der Waals surface area contributed by atoms with Crippen LogP contribution in [0, 0.1) is 0 Å². The molecule has 1 aliphatic carbocycles. The largest absolute Gasteiger partial charge is 0.323 e. The van der Waals surface area contributed by atoms with Crippen molar-refractivity contribution in [2.45, 2.75) is 23.5 Å². The van der Waals surface area contributed by atoms with Crippen LogP contribution in [-0.2, 0) is 22.0 Å². The van der Waals surface area contributed by atoms with Crippen molar-refractivity contribution in [2.75, 3.05) is 0 Å². The van der Waals surface area contributed by atoms with Gasteiger partial charge in [0.05, 0.1) is 11.0 Å². The van der Waals surface area contributed by atoms with Gasteiger partial charge in [0, 0.05) is 6.04 Å². The van der Waals surface area contributed by atoms with Gasteiger partial charge < -0.3 is 5.73 Å². The van der Waals surface area contributed by atoms with Crippen LogP contribution in [0.4, 0.5) is 0 Å². The first kappa shape index (κ1) is 13.3. The monoisotopic (exact) mass is 287 g/mol. The molecule has 0 bridgehead atoms. The predicted molar refractivity (Wildman–Crippen MR) is 79.9 cm³/mol. The maximum absolute atomic E-state index is 12.6. The van der Waals surface area contributed by atoms with Crippen molar-refractivity contribution in [2.24, 2.45) is 5.73 Å². The van der Waals surface area contributed by atoms with Gasteiger partial charge in [0.15, 0.2) is 9.84 Å². The van der Waals surface area contributed by atoms with Crippen LogP contribution in [0.2, 0.25) is 0 Å². The third kappa shape index (κ3) is 2.37. The summed E-state index contributed by atoms with van der Waals surface area (Å²) in [6.07, 6.45) is 0.520. The second-order valence-electron chi connectivity index (χ2n) is 5.26. The average molecular weight is 287 g/mol. The van der Waals surface area contributed by atoms with Gasteiger partial charge in [0.2, 0.25) is 0 Å². The molecule has 3 nitrogen and oxygen atoms in total. The lowest BCUT2D eigenvalue weighted by Gasteiger charge is -2.17. The second-order valence-corrected chi connectivity index (χ2v) is 7.48. The fourth-order valence-electron chi connectivity index (χ4n) is 2.85. The van der Waals surface area contributed by atoms with E-state index in [0.29, 0.717) is 6.42 Å². The maximum atomic E-state index is 12.6. The zero-order valence-corrected chi connectivity index (χ0v) is 11.9. The average Bonchev–Trinajstić information content (AvgIpc) is 2.78. The standard InChI is InChI=1S/C16H17NO2S/c17-16-14-9-5-4-8-13(14)10-15(16)20(18,19)11-12-6-2-1-3-7-12/h1-9,15-16H,10-11,17H2. The summed E-state index contributed by atoms with van der Waals surface area (Å²) < 4.78 is 25.2. The molecule has 2 aromatic carbocycles. The van der Waals surface area contributed by atoms with Gasteiger partial charge in [-0.25, -0.2) is 8.42 Å². The Bertz CT molecular complexity index is 710. The Morgan fingerprint density at radius 2 is 1.65 bits per heavy atom. The van der Waals surface area contributed by atoms with E-state index in [1.54, 1.807) is 0 Å². The van der Waals surface area contributed by atoms with Crippen molar-refractivity contribution in [3.05, 3.63) is 71.3 Å². The van der Waals surface area contributed by atoms with Crippen LogP contribution in [0.1, 0.15) is 22.7 Å². The van der Waals surface area contributed by atoms with E-state index in [2.05, 4.69) is 0 Å². The van der Waals surface area contributed by atoms with Crippen LogP contribution in [0.5, 0.6) is 0 Å². The summed E-state index contributed by atoms with van der Waals surface area (Å²) in [6.45, 7) is 0. The number of fused-ring (bicyclic) bond motifs is 1. The minimum absolute atomic E-state index is 0.0557. The fraction of sp³-hybridized carbons (Fsp3) is 0.250. The summed E-state index contributed by atoms with van der Waals surface area (Å²) in [7, 11) is -3.25. The first-order valence-corrected chi connectivity index (χ1v) is 8.38. The third-order valence-electron chi connectivity index (χ3n) is 3.91. The number of benzene rings is 2. The number of sulfone groups is 1. The maximum Gasteiger partial charge on any atom is 0.159 e. The summed E-state index contributed by atoms with van der Waals surface area (Å²) in [5.41, 5.74) is 8.99. The van der Waals surface area contributed by atoms with E-state index < -0.39 is 21.1 Å². The third-order valence-corrected chi connectivity index (χ3v) is 6.03. The molecule has 0 amide bonds. The molecule has 0 aliphatic heterocycles. The van der Waals surface area contributed by atoms with Crippen molar-refractivity contribution < 1.29 is 8.42 Å². The topological polar surface area (TPSA) is 60.2 Å². The van der Waals surface area contributed by atoms with Crippen LogP contribution in [0.3, 0.4) is 0 Å². The number of hydrogen-bond acceptors (Lipinski definition) is 3. The van der Waals surface area contributed by atoms with E-state index in [-0.39, 0.29) is 5.75 Å². The molecular formula is C16H17NO2S. The summed E-state index contributed by atoms with van der Waals surface area (Å²) in [4.78, 5) is 0. The van der Waals surface area contributed by atoms with E-state index in [1.807, 2.05) is 54.6 Å². The van der Waals surface area contributed by atoms with Crippen LogP contribution >= 0.6 is 0 Å². The molecule has 2 unspecified atom stereocenters. The Labute approximate surface area is 119 Å². The normalized spacial score (nSPS) is 21.6. The molecule has 2 N–H and O–H groups in total. The van der Waals surface area contributed by atoms with Gasteiger partial charge in [-0.3, -0.25) is 0 Å². The van der Waals surface area contributed by atoms with Crippen molar-refractivity contribution >= 4 is 9.84 Å². The Morgan fingerprint density at radius 1 is 1.00 bits per heavy atom. The highest BCUT2D eigenvalue weighted by molar-refractivity contribution is 7.91. The minimum Gasteiger partial charge on any atom is -0.323 e. The highest BCUT2D eigenvalue weighted by Crippen LogP contribution is 2.34. The first-order valence-electron chi connectivity index (χ1n) is 6.67. The van der Waals surface area contributed by atoms with Gasteiger partial charge >= 0.3 is 0 Å². The number of nitrogens with two attached hydrogens (primary N) is 1. The Hall–Kier alpha value is -1.65. The van der Waals surface area contributed by atoms with E-state index in [1.165, 1.54) is 0 Å². The molecule has 0 radical (unpaired) electrons. The van der Waals surface area contributed by atoms with E-state index >= 15 is 0 Å². The summed E-state index contributed by atoms with van der Waals surface area (Å²) in [5.74, 6) is 0.0557. The van der Waals surface area contributed by atoms with Gasteiger partial charge in [-0.05, 0) is 23.1 Å². The molecule has 0 aromatic heterocycles. The van der Waals surface area contributed by atoms with Gasteiger partial charge in [-0.2, -0.15) is 0 Å². The van der Waals surface area contributed by atoms with Gasteiger partial charge in [-0.15, -0.1) is 0 Å². The summed E-state index contributed by atoms with van der Waals surface area (Å²) in [6, 6.07) is 16.6. The molecule has 3 rings (SSSR count). The zero-order chi connectivity index (χ0) is 14.2. The summed E-state index contributed by atoms with van der Waals surface area (Å²) >= 11 is 0. The van der Waals surface area contributed by atoms with Gasteiger partial charge in [-0.1, -0.05) is 54.6 Å². The van der Waals surface area contributed by atoms with Crippen molar-refractivity contribution in [1.29, 1.82) is 0 Å². The Balaban J connectivity index is 1.87. The fourth-order valence-corrected chi connectivity index (χ4v) is 4.75. The van der Waals surface area contributed by atoms with Crippen LogP contribution < -0.4 is 5.73 Å². The number of rotatable bonds is 3. The van der Waals surface area contributed by atoms with E-state index in [4.69, 9.17) is 5.73 Å². The van der Waals surface area contributed by atoms with E-state index in [0.717, 1.165) is 16.7 Å². The molecule has 0 saturated heterocycles. The zero-order valence-electron chi connectivity index (χ0n) is 11.1. The predicted octanol–water partition coefficient (Wildman–Crippen LogP) is 2.23. The number of hydrogen-bond donors (Lipinski definition) is 1. The van der Waals surface area contributed by atoms with E-state index in [9.17, 15) is 8.42 Å². The lowest BCUT2D eigenvalue weighted by molar-refractivity contribution is 0.564. The molecule has 20 heavy (non-hydrogen) atoms. The van der Waals surface area contributed by atoms with Crippen molar-refractivity contribution in [3.8, 4) is 0 Å². The molecular weight excluding hydrogens is 270 g/mol. The van der Waals surface area contributed by atoms with Gasteiger partial charge in [0.25, 0.3) is 0 Å². The highest BCUT2D eigenvalue weighted by Gasteiger charge is 2.38. The highest BCUT2D eigenvalue weighted by atomic mass is 32.2. The molecule has 0 heterocycles. The van der Waals surface area contributed by atoms with Crippen LogP contribution in [0.15, 0.2) is 54.6 Å². The van der Waals surface area contributed by atoms with Crippen molar-refractivity contribution in [3.63, 3.8) is 0 Å². The van der Waals surface area contributed by atoms with Crippen molar-refractivity contribution in [1.82, 2.24) is 0 Å². The summed E-state index contributed by atoms with van der Waals surface area (Å²) in [5, 5.41) is -0.514. The molecule has 2 aromatic rings. The SMILES string of the molecule is NC1c2ccccc2CC1S(=O)(=O)Cc1ccccc1. The molecule has 2 atom stereocenters. The molecule has 0 spiro atoms. The molecule has 0 saturated carbocycles. The van der Waals surface area contributed by atoms with Crippen LogP contribution in [0.25, 0.3) is 0 Å². The quantitative estimate of drug-likeness (QED) is 0.941. The van der Waals surface area contributed by atoms with Crippen LogP contribution in [-0.4, -0.2) is 13.7 Å². The minimum atomic E-state index is -3.25. The molecule has 0 fully saturated rings. The smallest absolute Gasteiger partial charge is 0.159 e.